The first kappa shape index (κ1) is 8.49. The molecular formula is C7H13NO3. The van der Waals surface area contributed by atoms with Crippen LogP contribution in [-0.2, 0) is 4.79 Å². The van der Waals surface area contributed by atoms with Crippen LogP contribution in [0.5, 0.6) is 0 Å². The smallest absolute Gasteiger partial charge is 0.308 e. The van der Waals surface area contributed by atoms with Crippen molar-refractivity contribution >= 4 is 5.97 Å². The SMILES string of the molecule is N[C@@H]1CC[C@H](O)C[C@H]1C(=O)O. The van der Waals surface area contributed by atoms with Crippen LogP contribution in [0.25, 0.3) is 0 Å². The lowest BCUT2D eigenvalue weighted by atomic mass is 9.83. The number of aliphatic carboxylic acids is 1. The summed E-state index contributed by atoms with van der Waals surface area (Å²) in [6, 6.07) is -0.282. The van der Waals surface area contributed by atoms with Gasteiger partial charge >= 0.3 is 5.97 Å². The van der Waals surface area contributed by atoms with E-state index in [9.17, 15) is 4.79 Å². The Bertz CT molecular complexity index is 160. The van der Waals surface area contributed by atoms with Crippen LogP contribution < -0.4 is 5.73 Å². The second-order valence-corrected chi connectivity index (χ2v) is 3.08. The minimum atomic E-state index is -0.892. The lowest BCUT2D eigenvalue weighted by Gasteiger charge is -2.28. The zero-order valence-corrected chi connectivity index (χ0v) is 6.23. The van der Waals surface area contributed by atoms with E-state index < -0.39 is 18.0 Å². The lowest BCUT2D eigenvalue weighted by Crippen LogP contribution is -2.42. The molecule has 64 valence electrons. The molecule has 0 aliphatic heterocycles. The highest BCUT2D eigenvalue weighted by atomic mass is 16.4. The number of carboxylic acid groups (broad SMARTS) is 1. The summed E-state index contributed by atoms with van der Waals surface area (Å²) in [6.07, 6.45) is 1.07. The molecule has 0 aromatic rings. The van der Waals surface area contributed by atoms with Crippen molar-refractivity contribution in [3.8, 4) is 0 Å². The van der Waals surface area contributed by atoms with Crippen molar-refractivity contribution in [1.82, 2.24) is 0 Å². The van der Waals surface area contributed by atoms with Crippen LogP contribution in [0.2, 0.25) is 0 Å². The maximum atomic E-state index is 10.5. The van der Waals surface area contributed by atoms with Gasteiger partial charge in [-0.15, -0.1) is 0 Å². The van der Waals surface area contributed by atoms with Crippen LogP contribution in [-0.4, -0.2) is 28.3 Å². The number of aliphatic hydroxyl groups is 1. The molecule has 4 N–H and O–H groups in total. The molecule has 0 saturated heterocycles. The van der Waals surface area contributed by atoms with Gasteiger partial charge in [0.15, 0.2) is 0 Å². The van der Waals surface area contributed by atoms with Crippen LogP contribution in [0, 0.1) is 5.92 Å². The second kappa shape index (κ2) is 3.19. The van der Waals surface area contributed by atoms with Gasteiger partial charge in [0, 0.05) is 6.04 Å². The summed E-state index contributed by atoms with van der Waals surface area (Å²) in [5.41, 5.74) is 5.55. The minimum Gasteiger partial charge on any atom is -0.481 e. The molecule has 1 saturated carbocycles. The summed E-state index contributed by atoms with van der Waals surface area (Å²) in [5, 5.41) is 17.8. The Labute approximate surface area is 65.0 Å². The van der Waals surface area contributed by atoms with Crippen molar-refractivity contribution in [1.29, 1.82) is 0 Å². The maximum absolute atomic E-state index is 10.5. The van der Waals surface area contributed by atoms with Gasteiger partial charge in [-0.25, -0.2) is 0 Å². The number of hydrogen-bond acceptors (Lipinski definition) is 3. The van der Waals surface area contributed by atoms with Crippen molar-refractivity contribution in [2.45, 2.75) is 31.4 Å². The first-order valence-electron chi connectivity index (χ1n) is 3.77. The summed E-state index contributed by atoms with van der Waals surface area (Å²) in [4.78, 5) is 10.5. The Morgan fingerprint density at radius 3 is 2.55 bits per heavy atom. The fourth-order valence-corrected chi connectivity index (χ4v) is 1.46. The van der Waals surface area contributed by atoms with Crippen molar-refractivity contribution in [3.05, 3.63) is 0 Å². The normalized spacial score (nSPS) is 38.5. The van der Waals surface area contributed by atoms with Gasteiger partial charge in [0.1, 0.15) is 0 Å². The third-order valence-corrected chi connectivity index (χ3v) is 2.19. The molecule has 1 aliphatic carbocycles. The molecule has 4 nitrogen and oxygen atoms in total. The summed E-state index contributed by atoms with van der Waals surface area (Å²) >= 11 is 0. The van der Waals surface area contributed by atoms with Crippen LogP contribution in [0.3, 0.4) is 0 Å². The minimum absolute atomic E-state index is 0.282. The van der Waals surface area contributed by atoms with Crippen molar-refractivity contribution in [2.75, 3.05) is 0 Å². The molecular weight excluding hydrogens is 146 g/mol. The number of hydrogen-bond donors (Lipinski definition) is 3. The molecule has 0 unspecified atom stereocenters. The van der Waals surface area contributed by atoms with Gasteiger partial charge in [-0.1, -0.05) is 0 Å². The molecule has 0 amide bonds. The number of aliphatic hydroxyl groups excluding tert-OH is 1. The van der Waals surface area contributed by atoms with Gasteiger partial charge in [-0.05, 0) is 19.3 Å². The van der Waals surface area contributed by atoms with E-state index in [1.165, 1.54) is 0 Å². The van der Waals surface area contributed by atoms with Gasteiger partial charge in [0.05, 0.1) is 12.0 Å². The van der Waals surface area contributed by atoms with Gasteiger partial charge < -0.3 is 15.9 Å². The maximum Gasteiger partial charge on any atom is 0.308 e. The van der Waals surface area contributed by atoms with E-state index in [1.807, 2.05) is 0 Å². The molecule has 1 aliphatic rings. The highest BCUT2D eigenvalue weighted by molar-refractivity contribution is 5.71. The Kier molecular flexibility index (Phi) is 2.46. The summed E-state index contributed by atoms with van der Waals surface area (Å²) < 4.78 is 0. The average Bonchev–Trinajstić information content (AvgIpc) is 1.94. The van der Waals surface area contributed by atoms with E-state index in [-0.39, 0.29) is 6.04 Å². The monoisotopic (exact) mass is 159 g/mol. The zero-order valence-electron chi connectivity index (χ0n) is 6.23. The molecule has 0 spiro atoms. The largest absolute Gasteiger partial charge is 0.481 e. The Morgan fingerprint density at radius 2 is 2.09 bits per heavy atom. The molecule has 0 heterocycles. The van der Waals surface area contributed by atoms with Crippen molar-refractivity contribution in [2.24, 2.45) is 11.7 Å². The van der Waals surface area contributed by atoms with Gasteiger partial charge in [0.2, 0.25) is 0 Å². The third kappa shape index (κ3) is 1.91. The molecule has 0 aromatic heterocycles. The van der Waals surface area contributed by atoms with E-state index in [0.717, 1.165) is 0 Å². The number of rotatable bonds is 1. The number of nitrogens with two attached hydrogens (primary N) is 1. The van der Waals surface area contributed by atoms with Gasteiger partial charge in [0.25, 0.3) is 0 Å². The predicted molar refractivity (Wildman–Crippen MR) is 39.0 cm³/mol. The fraction of sp³-hybridized carbons (Fsp3) is 0.857. The first-order valence-corrected chi connectivity index (χ1v) is 3.77. The molecule has 4 heteroatoms. The van der Waals surface area contributed by atoms with Gasteiger partial charge in [-0.2, -0.15) is 0 Å². The highest BCUT2D eigenvalue weighted by Crippen LogP contribution is 2.23. The predicted octanol–water partition coefficient (Wildman–Crippen LogP) is -0.441. The Morgan fingerprint density at radius 1 is 1.45 bits per heavy atom. The van der Waals surface area contributed by atoms with Crippen LogP contribution >= 0.6 is 0 Å². The lowest BCUT2D eigenvalue weighted by molar-refractivity contribution is -0.144. The summed E-state index contributed by atoms with van der Waals surface area (Å²) in [5.74, 6) is -1.45. The molecule has 0 aromatic carbocycles. The molecule has 3 atom stereocenters. The van der Waals surface area contributed by atoms with Crippen molar-refractivity contribution < 1.29 is 15.0 Å². The Hall–Kier alpha value is -0.610. The van der Waals surface area contributed by atoms with Crippen molar-refractivity contribution in [3.63, 3.8) is 0 Å². The molecule has 0 bridgehead atoms. The standard InChI is InChI=1S/C7H13NO3/c8-6-2-1-4(9)3-5(6)7(10)11/h4-6,9H,1-3,8H2,(H,10,11)/t4-,5+,6+/m0/s1. The second-order valence-electron chi connectivity index (χ2n) is 3.08. The van der Waals surface area contributed by atoms with Crippen LogP contribution in [0.1, 0.15) is 19.3 Å². The first-order chi connectivity index (χ1) is 5.11. The fourth-order valence-electron chi connectivity index (χ4n) is 1.46. The Balaban J connectivity index is 2.54. The van der Waals surface area contributed by atoms with Gasteiger partial charge in [-0.3, -0.25) is 4.79 Å². The molecule has 11 heavy (non-hydrogen) atoms. The molecule has 1 fully saturated rings. The van der Waals surface area contributed by atoms with E-state index in [0.29, 0.717) is 19.3 Å². The number of carbonyl (C=O) groups is 1. The van der Waals surface area contributed by atoms with E-state index in [2.05, 4.69) is 0 Å². The highest BCUT2D eigenvalue weighted by Gasteiger charge is 2.31. The zero-order chi connectivity index (χ0) is 8.43. The average molecular weight is 159 g/mol. The molecule has 1 rings (SSSR count). The van der Waals surface area contributed by atoms with E-state index >= 15 is 0 Å². The summed E-state index contributed by atoms with van der Waals surface area (Å²) in [6.45, 7) is 0. The van der Waals surface area contributed by atoms with E-state index in [1.54, 1.807) is 0 Å². The quantitative estimate of drug-likeness (QED) is 0.484. The van der Waals surface area contributed by atoms with Crippen LogP contribution in [0.15, 0.2) is 0 Å². The number of carboxylic acids is 1. The third-order valence-electron chi connectivity index (χ3n) is 2.19. The summed E-state index contributed by atoms with van der Waals surface area (Å²) in [7, 11) is 0. The van der Waals surface area contributed by atoms with E-state index in [4.69, 9.17) is 15.9 Å². The molecule has 0 radical (unpaired) electrons. The van der Waals surface area contributed by atoms with Crippen LogP contribution in [0.4, 0.5) is 0 Å². The topological polar surface area (TPSA) is 83.5 Å².